The lowest BCUT2D eigenvalue weighted by atomic mass is 9.86. The minimum Gasteiger partial charge on any atom is -0.326 e. The van der Waals surface area contributed by atoms with Crippen molar-refractivity contribution in [3.8, 4) is 0 Å². The fraction of sp³-hybridized carbons (Fsp3) is 1.00. The third-order valence-corrected chi connectivity index (χ3v) is 4.62. The highest BCUT2D eigenvalue weighted by Crippen LogP contribution is 2.29. The van der Waals surface area contributed by atoms with E-state index in [-0.39, 0.29) is 0 Å². The van der Waals surface area contributed by atoms with Gasteiger partial charge in [0, 0.05) is 18.1 Å². The van der Waals surface area contributed by atoms with Gasteiger partial charge in [-0.25, -0.2) is 0 Å². The van der Waals surface area contributed by atoms with Gasteiger partial charge in [-0.05, 0) is 32.2 Å². The molecule has 2 rings (SSSR count). The number of nitrogens with zero attached hydrogens (tertiary/aromatic N) is 1. The van der Waals surface area contributed by atoms with E-state index < -0.39 is 0 Å². The summed E-state index contributed by atoms with van der Waals surface area (Å²) in [6.07, 6.45) is 12.5. The zero-order valence-corrected chi connectivity index (χ0v) is 10.8. The molecule has 2 atom stereocenters. The third-order valence-electron chi connectivity index (χ3n) is 4.62. The summed E-state index contributed by atoms with van der Waals surface area (Å²) in [7, 11) is 0. The van der Waals surface area contributed by atoms with Crippen molar-refractivity contribution < 1.29 is 0 Å². The molecule has 2 aliphatic carbocycles. The number of hydrogen-bond donors (Lipinski definition) is 1. The van der Waals surface area contributed by atoms with Gasteiger partial charge < -0.3 is 5.73 Å². The highest BCUT2D eigenvalue weighted by atomic mass is 15.2. The molecule has 2 unspecified atom stereocenters. The second-order valence-electron chi connectivity index (χ2n) is 5.64. The first-order valence-corrected chi connectivity index (χ1v) is 7.34. The Morgan fingerprint density at radius 3 is 2.19 bits per heavy atom. The summed E-state index contributed by atoms with van der Waals surface area (Å²) in [6.45, 7) is 3.51. The van der Waals surface area contributed by atoms with Crippen molar-refractivity contribution in [3.05, 3.63) is 0 Å². The Kier molecular flexibility index (Phi) is 4.66. The van der Waals surface area contributed by atoms with Crippen molar-refractivity contribution in [2.45, 2.75) is 82.8 Å². The van der Waals surface area contributed by atoms with E-state index >= 15 is 0 Å². The second-order valence-corrected chi connectivity index (χ2v) is 5.64. The van der Waals surface area contributed by atoms with Crippen molar-refractivity contribution in [3.63, 3.8) is 0 Å². The van der Waals surface area contributed by atoms with Gasteiger partial charge in [0.15, 0.2) is 0 Å². The number of rotatable bonds is 3. The average molecular weight is 224 g/mol. The molecular weight excluding hydrogens is 196 g/mol. The molecule has 16 heavy (non-hydrogen) atoms. The molecule has 0 heterocycles. The van der Waals surface area contributed by atoms with Crippen LogP contribution in [0.15, 0.2) is 0 Å². The predicted octanol–water partition coefficient (Wildman–Crippen LogP) is 2.91. The van der Waals surface area contributed by atoms with E-state index in [9.17, 15) is 0 Å². The zero-order chi connectivity index (χ0) is 11.4. The largest absolute Gasteiger partial charge is 0.326 e. The summed E-state index contributed by atoms with van der Waals surface area (Å²) in [4.78, 5) is 2.74. The van der Waals surface area contributed by atoms with E-state index in [1.54, 1.807) is 0 Å². The molecule has 2 N–H and O–H groups in total. The minimum atomic E-state index is 0.440. The van der Waals surface area contributed by atoms with Gasteiger partial charge in [0.05, 0.1) is 0 Å². The maximum absolute atomic E-state index is 6.32. The Bertz CT molecular complexity index is 199. The summed E-state index contributed by atoms with van der Waals surface area (Å²) in [5, 5.41) is 0. The van der Waals surface area contributed by atoms with Crippen LogP contribution in [-0.4, -0.2) is 29.6 Å². The molecular formula is C14H28N2. The molecule has 0 amide bonds. The van der Waals surface area contributed by atoms with Crippen molar-refractivity contribution >= 4 is 0 Å². The third kappa shape index (κ3) is 2.78. The van der Waals surface area contributed by atoms with E-state index in [1.807, 2.05) is 0 Å². The molecule has 2 heteroatoms. The summed E-state index contributed by atoms with van der Waals surface area (Å²) in [6, 6.07) is 1.96. The first-order valence-electron chi connectivity index (χ1n) is 7.34. The minimum absolute atomic E-state index is 0.440. The molecule has 2 aliphatic rings. The molecule has 0 radical (unpaired) electrons. The summed E-state index contributed by atoms with van der Waals surface area (Å²) in [5.41, 5.74) is 6.32. The van der Waals surface area contributed by atoms with E-state index in [4.69, 9.17) is 5.73 Å². The Morgan fingerprint density at radius 1 is 0.938 bits per heavy atom. The van der Waals surface area contributed by atoms with Gasteiger partial charge in [0.1, 0.15) is 0 Å². The lowest BCUT2D eigenvalue weighted by Gasteiger charge is -2.43. The SMILES string of the molecule is CCN(C1CCCCC1)C1CCCCC1N. The van der Waals surface area contributed by atoms with Crippen molar-refractivity contribution in [2.75, 3.05) is 6.54 Å². The molecule has 94 valence electrons. The van der Waals surface area contributed by atoms with Crippen LogP contribution in [0.5, 0.6) is 0 Å². The lowest BCUT2D eigenvalue weighted by molar-refractivity contribution is 0.0748. The van der Waals surface area contributed by atoms with Crippen LogP contribution in [-0.2, 0) is 0 Å². The fourth-order valence-corrected chi connectivity index (χ4v) is 3.73. The summed E-state index contributed by atoms with van der Waals surface area (Å²) in [5.74, 6) is 0. The van der Waals surface area contributed by atoms with Crippen LogP contribution in [0.25, 0.3) is 0 Å². The van der Waals surface area contributed by atoms with Crippen LogP contribution in [0.4, 0.5) is 0 Å². The van der Waals surface area contributed by atoms with Crippen LogP contribution in [0.1, 0.15) is 64.7 Å². The molecule has 2 saturated carbocycles. The molecule has 0 aromatic carbocycles. The van der Waals surface area contributed by atoms with Gasteiger partial charge in [0.25, 0.3) is 0 Å². The average Bonchev–Trinajstić information content (AvgIpc) is 2.34. The molecule has 2 fully saturated rings. The highest BCUT2D eigenvalue weighted by Gasteiger charge is 2.31. The Labute approximate surface area is 101 Å². The molecule has 0 aromatic rings. The van der Waals surface area contributed by atoms with Gasteiger partial charge in [-0.2, -0.15) is 0 Å². The lowest BCUT2D eigenvalue weighted by Crippen LogP contribution is -2.53. The van der Waals surface area contributed by atoms with Gasteiger partial charge >= 0.3 is 0 Å². The number of hydrogen-bond acceptors (Lipinski definition) is 2. The van der Waals surface area contributed by atoms with Crippen LogP contribution < -0.4 is 5.73 Å². The smallest absolute Gasteiger partial charge is 0.0250 e. The quantitative estimate of drug-likeness (QED) is 0.798. The number of nitrogens with two attached hydrogens (primary N) is 1. The van der Waals surface area contributed by atoms with Gasteiger partial charge in [-0.15, -0.1) is 0 Å². The maximum Gasteiger partial charge on any atom is 0.0250 e. The van der Waals surface area contributed by atoms with E-state index in [1.165, 1.54) is 64.3 Å². The molecule has 0 aliphatic heterocycles. The van der Waals surface area contributed by atoms with Crippen LogP contribution in [0.2, 0.25) is 0 Å². The molecule has 0 bridgehead atoms. The monoisotopic (exact) mass is 224 g/mol. The predicted molar refractivity (Wildman–Crippen MR) is 69.5 cm³/mol. The van der Waals surface area contributed by atoms with Crippen molar-refractivity contribution in [1.82, 2.24) is 4.90 Å². The van der Waals surface area contributed by atoms with Gasteiger partial charge in [0.2, 0.25) is 0 Å². The Hall–Kier alpha value is -0.0800. The molecule has 2 nitrogen and oxygen atoms in total. The molecule has 0 aromatic heterocycles. The highest BCUT2D eigenvalue weighted by molar-refractivity contribution is 4.89. The van der Waals surface area contributed by atoms with Gasteiger partial charge in [-0.1, -0.05) is 39.0 Å². The summed E-state index contributed by atoms with van der Waals surface area (Å²) >= 11 is 0. The first kappa shape index (κ1) is 12.4. The van der Waals surface area contributed by atoms with E-state index in [2.05, 4.69) is 11.8 Å². The molecule has 0 saturated heterocycles. The van der Waals surface area contributed by atoms with Gasteiger partial charge in [-0.3, -0.25) is 4.90 Å². The maximum atomic E-state index is 6.32. The second kappa shape index (κ2) is 6.02. The standard InChI is InChI=1S/C14H28N2/c1-2-16(12-8-4-3-5-9-12)14-11-7-6-10-13(14)15/h12-14H,2-11,15H2,1H3. The van der Waals surface area contributed by atoms with E-state index in [0.717, 1.165) is 6.04 Å². The van der Waals surface area contributed by atoms with Crippen LogP contribution >= 0.6 is 0 Å². The normalized spacial score (nSPS) is 33.2. The zero-order valence-electron chi connectivity index (χ0n) is 10.8. The first-order chi connectivity index (χ1) is 7.83. The fourth-order valence-electron chi connectivity index (χ4n) is 3.73. The molecule has 0 spiro atoms. The Balaban J connectivity index is 1.96. The van der Waals surface area contributed by atoms with Crippen LogP contribution in [0, 0.1) is 0 Å². The van der Waals surface area contributed by atoms with Crippen molar-refractivity contribution in [1.29, 1.82) is 0 Å². The van der Waals surface area contributed by atoms with Crippen molar-refractivity contribution in [2.24, 2.45) is 5.73 Å². The topological polar surface area (TPSA) is 29.3 Å². The van der Waals surface area contributed by atoms with Crippen LogP contribution in [0.3, 0.4) is 0 Å². The van der Waals surface area contributed by atoms with E-state index in [0.29, 0.717) is 12.1 Å². The Morgan fingerprint density at radius 2 is 1.56 bits per heavy atom. The summed E-state index contributed by atoms with van der Waals surface area (Å²) < 4.78 is 0. The number of likely N-dealkylation sites (N-methyl/N-ethyl adjacent to an activating group) is 1.